The van der Waals surface area contributed by atoms with Crippen LogP contribution in [-0.2, 0) is 16.6 Å². The Morgan fingerprint density at radius 3 is 2.64 bits per heavy atom. The van der Waals surface area contributed by atoms with Crippen LogP contribution in [0.4, 0.5) is 5.69 Å². The van der Waals surface area contributed by atoms with E-state index in [-0.39, 0.29) is 39.6 Å². The molecule has 0 saturated carbocycles. The van der Waals surface area contributed by atoms with Crippen LogP contribution in [0.2, 0.25) is 10.0 Å². The van der Waals surface area contributed by atoms with E-state index in [1.807, 2.05) is 26.1 Å². The number of fused-ring (bicyclic) bond motifs is 1. The summed E-state index contributed by atoms with van der Waals surface area (Å²) in [6.45, 7) is 4.95. The van der Waals surface area contributed by atoms with Crippen LogP contribution in [0.5, 0.6) is 5.75 Å². The number of thiophene rings is 1. The number of nitrogens with one attached hydrogen (secondary N) is 1. The van der Waals surface area contributed by atoms with E-state index in [9.17, 15) is 18.3 Å². The molecule has 12 heteroatoms. The molecule has 0 fully saturated rings. The van der Waals surface area contributed by atoms with Gasteiger partial charge in [-0.3, -0.25) is 14.4 Å². The van der Waals surface area contributed by atoms with Gasteiger partial charge in [-0.25, -0.2) is 8.42 Å². The lowest BCUT2D eigenvalue weighted by molar-refractivity contribution is 0.0344. The van der Waals surface area contributed by atoms with Crippen LogP contribution in [0.1, 0.15) is 29.8 Å². The summed E-state index contributed by atoms with van der Waals surface area (Å²) in [5.41, 5.74) is 1.38. The molecule has 0 radical (unpaired) electrons. The number of ether oxygens (including phenoxy) is 1. The number of para-hydroxylation sites is 1. The Morgan fingerprint density at radius 2 is 1.97 bits per heavy atom. The van der Waals surface area contributed by atoms with Crippen molar-refractivity contribution < 1.29 is 23.1 Å². The first-order chi connectivity index (χ1) is 18.5. The second-order valence-corrected chi connectivity index (χ2v) is 13.5. The summed E-state index contributed by atoms with van der Waals surface area (Å²) in [6, 6.07) is 13.0. The topological polar surface area (TPSA) is 99.2 Å². The average Bonchev–Trinajstić information content (AvgIpc) is 3.44. The molecule has 3 aromatic rings. The lowest BCUT2D eigenvalue weighted by Crippen LogP contribution is -2.49. The predicted octanol–water partition coefficient (Wildman–Crippen LogP) is 5.21. The normalized spacial score (nSPS) is 18.7. The fraction of sp³-hybridized carbons (Fsp3) is 0.370. The van der Waals surface area contributed by atoms with Gasteiger partial charge in [0.25, 0.3) is 15.9 Å². The summed E-state index contributed by atoms with van der Waals surface area (Å²) in [5.74, 6) is -0.315. The number of carbonyl (C=O) groups excluding carboxylic acids is 1. The van der Waals surface area contributed by atoms with Crippen molar-refractivity contribution in [3.63, 3.8) is 0 Å². The molecule has 1 amide bonds. The minimum absolute atomic E-state index is 0.144. The molecule has 4 rings (SSSR count). The number of sulfonamides is 1. The van der Waals surface area contributed by atoms with E-state index in [4.69, 9.17) is 27.9 Å². The van der Waals surface area contributed by atoms with Crippen molar-refractivity contribution in [2.24, 2.45) is 5.92 Å². The molecule has 2 heterocycles. The fourth-order valence-corrected chi connectivity index (χ4v) is 6.85. The molecule has 2 N–H and O–H groups in total. The van der Waals surface area contributed by atoms with E-state index in [0.717, 1.165) is 16.9 Å². The number of carbonyl (C=O) groups is 1. The molecule has 39 heavy (non-hydrogen) atoms. The zero-order valence-electron chi connectivity index (χ0n) is 21.8. The van der Waals surface area contributed by atoms with Crippen LogP contribution < -0.4 is 9.46 Å². The second kappa shape index (κ2) is 12.4. The molecular formula is C27H31Cl2N3O5S2. The minimum Gasteiger partial charge on any atom is -0.486 e. The third-order valence-electron chi connectivity index (χ3n) is 6.62. The van der Waals surface area contributed by atoms with Crippen molar-refractivity contribution in [2.45, 2.75) is 36.7 Å². The summed E-state index contributed by atoms with van der Waals surface area (Å²) in [7, 11) is -1.94. The predicted molar refractivity (Wildman–Crippen MR) is 156 cm³/mol. The van der Waals surface area contributed by atoms with E-state index in [1.165, 1.54) is 6.07 Å². The van der Waals surface area contributed by atoms with E-state index in [1.54, 1.807) is 47.5 Å². The maximum atomic E-state index is 13.6. The number of amides is 1. The highest BCUT2D eigenvalue weighted by Gasteiger charge is 2.35. The van der Waals surface area contributed by atoms with Gasteiger partial charge in [0.05, 0.1) is 33.9 Å². The van der Waals surface area contributed by atoms with Gasteiger partial charge >= 0.3 is 0 Å². The maximum absolute atomic E-state index is 13.6. The quantitative estimate of drug-likeness (QED) is 0.345. The number of halogens is 2. The van der Waals surface area contributed by atoms with Crippen molar-refractivity contribution in [1.82, 2.24) is 9.80 Å². The molecule has 2 aromatic carbocycles. The van der Waals surface area contributed by atoms with Crippen molar-refractivity contribution in [2.75, 3.05) is 31.5 Å². The van der Waals surface area contributed by atoms with Crippen molar-refractivity contribution >= 4 is 56.2 Å². The maximum Gasteiger partial charge on any atom is 0.271 e. The van der Waals surface area contributed by atoms with Gasteiger partial charge in [-0.05, 0) is 55.2 Å². The zero-order valence-corrected chi connectivity index (χ0v) is 24.9. The first kappa shape index (κ1) is 29.6. The van der Waals surface area contributed by atoms with Crippen LogP contribution in [0.3, 0.4) is 0 Å². The Kier molecular flexibility index (Phi) is 9.46. The van der Waals surface area contributed by atoms with Gasteiger partial charge in [0.15, 0.2) is 5.75 Å². The van der Waals surface area contributed by atoms with Crippen molar-refractivity contribution in [3.8, 4) is 5.75 Å². The van der Waals surface area contributed by atoms with E-state index >= 15 is 0 Å². The van der Waals surface area contributed by atoms with Gasteiger partial charge in [0.2, 0.25) is 0 Å². The Balaban J connectivity index is 1.69. The number of benzene rings is 2. The van der Waals surface area contributed by atoms with Crippen LogP contribution in [0.25, 0.3) is 0 Å². The van der Waals surface area contributed by atoms with Crippen LogP contribution in [0.15, 0.2) is 58.1 Å². The van der Waals surface area contributed by atoms with E-state index in [2.05, 4.69) is 9.62 Å². The number of hydrogen-bond acceptors (Lipinski definition) is 7. The summed E-state index contributed by atoms with van der Waals surface area (Å²) in [5, 5.41) is 12.5. The molecule has 1 aliphatic heterocycles. The van der Waals surface area contributed by atoms with Crippen molar-refractivity contribution in [1.29, 1.82) is 0 Å². The molecule has 0 spiro atoms. The summed E-state index contributed by atoms with van der Waals surface area (Å²) in [4.78, 5) is 17.3. The number of likely N-dealkylation sites (N-methyl/N-ethyl adjacent to an activating group) is 1. The molecule has 0 saturated heterocycles. The largest absolute Gasteiger partial charge is 0.486 e. The number of anilines is 1. The molecule has 0 bridgehead atoms. The average molecular weight is 613 g/mol. The molecule has 1 aromatic heterocycles. The number of hydrogen-bond donors (Lipinski definition) is 2. The smallest absolute Gasteiger partial charge is 0.271 e. The Morgan fingerprint density at radius 1 is 1.21 bits per heavy atom. The highest BCUT2D eigenvalue weighted by Crippen LogP contribution is 2.36. The summed E-state index contributed by atoms with van der Waals surface area (Å²) in [6.07, 6.45) is -0.412. The van der Waals surface area contributed by atoms with Crippen LogP contribution in [0, 0.1) is 5.92 Å². The van der Waals surface area contributed by atoms with Crippen molar-refractivity contribution in [3.05, 3.63) is 75.1 Å². The van der Waals surface area contributed by atoms with Gasteiger partial charge in [-0.15, -0.1) is 11.3 Å². The third-order valence-corrected chi connectivity index (χ3v) is 10.1. The first-order valence-electron chi connectivity index (χ1n) is 12.4. The Labute approximate surface area is 243 Å². The molecule has 1 aliphatic rings. The Bertz CT molecular complexity index is 1420. The molecule has 8 nitrogen and oxygen atoms in total. The lowest BCUT2D eigenvalue weighted by Gasteiger charge is -2.38. The highest BCUT2D eigenvalue weighted by atomic mass is 35.5. The van der Waals surface area contributed by atoms with Crippen LogP contribution >= 0.6 is 34.5 Å². The lowest BCUT2D eigenvalue weighted by atomic mass is 9.99. The van der Waals surface area contributed by atoms with Gasteiger partial charge in [0, 0.05) is 25.6 Å². The molecular weight excluding hydrogens is 581 g/mol. The monoisotopic (exact) mass is 611 g/mol. The minimum atomic E-state index is -3.89. The fourth-order valence-electron chi connectivity index (χ4n) is 4.47. The van der Waals surface area contributed by atoms with E-state index < -0.39 is 22.2 Å². The van der Waals surface area contributed by atoms with Gasteiger partial charge < -0.3 is 14.7 Å². The molecule has 0 unspecified atom stereocenters. The van der Waals surface area contributed by atoms with Gasteiger partial charge in [0.1, 0.15) is 10.3 Å². The SMILES string of the molecule is C[C@@H]1CN([C@H](C)CO)C(=O)c2cccc(NS(=O)(=O)c3cccs3)c2O[C@@H]1CN(C)Cc1ccc(Cl)c(Cl)c1. The Hall–Kier alpha value is -2.34. The summed E-state index contributed by atoms with van der Waals surface area (Å²) >= 11 is 13.4. The van der Waals surface area contributed by atoms with Crippen LogP contribution in [-0.4, -0.2) is 68.1 Å². The van der Waals surface area contributed by atoms with Gasteiger partial charge in [-0.1, -0.05) is 48.3 Å². The summed E-state index contributed by atoms with van der Waals surface area (Å²) < 4.78 is 35.4. The molecule has 210 valence electrons. The van der Waals surface area contributed by atoms with Gasteiger partial charge in [-0.2, -0.15) is 0 Å². The second-order valence-electron chi connectivity index (χ2n) is 9.79. The standard InChI is InChI=1S/C27H31Cl2N3O5S2/c1-17-13-32(18(2)16-33)27(34)20-6-4-7-23(30-39(35,36)25-8-5-11-38-25)26(20)37-24(17)15-31(3)14-19-9-10-21(28)22(29)12-19/h4-12,17-18,24,30,33H,13-16H2,1-3H3/t17-,18-,24-/m1/s1. The van der Waals surface area contributed by atoms with E-state index in [0.29, 0.717) is 29.7 Å². The number of rotatable bonds is 9. The number of aliphatic hydroxyl groups is 1. The highest BCUT2D eigenvalue weighted by molar-refractivity contribution is 7.94. The molecule has 3 atom stereocenters. The zero-order chi connectivity index (χ0) is 28.3. The number of nitrogens with zero attached hydrogens (tertiary/aromatic N) is 2. The number of aliphatic hydroxyl groups excluding tert-OH is 1. The molecule has 0 aliphatic carbocycles. The third kappa shape index (κ3) is 6.87. The first-order valence-corrected chi connectivity index (χ1v) is 15.5.